The van der Waals surface area contributed by atoms with E-state index < -0.39 is 55.7 Å². The van der Waals surface area contributed by atoms with Crippen molar-refractivity contribution in [3.8, 4) is 0 Å². The number of benzene rings is 1. The summed E-state index contributed by atoms with van der Waals surface area (Å²) in [6, 6.07) is 8.99. The van der Waals surface area contributed by atoms with Gasteiger partial charge in [0.15, 0.2) is 0 Å². The van der Waals surface area contributed by atoms with Crippen molar-refractivity contribution >= 4 is 26.2 Å². The van der Waals surface area contributed by atoms with E-state index in [1.165, 1.54) is 4.90 Å². The zero-order valence-electron chi connectivity index (χ0n) is 29.3. The van der Waals surface area contributed by atoms with Gasteiger partial charge in [-0.3, -0.25) is 9.80 Å². The van der Waals surface area contributed by atoms with Gasteiger partial charge in [-0.05, 0) is 70.9 Å². The first-order chi connectivity index (χ1) is 20.2. The maximum Gasteiger partial charge on any atom is 0.412 e. The van der Waals surface area contributed by atoms with E-state index in [0.717, 1.165) is 11.6 Å². The second-order valence-corrected chi connectivity index (χ2v) is 21.1. The van der Waals surface area contributed by atoms with Gasteiger partial charge in [0.1, 0.15) is 24.0 Å². The van der Waals surface area contributed by atoms with Gasteiger partial charge in [-0.2, -0.15) is 0 Å². The molecule has 0 aromatic heterocycles. The van der Waals surface area contributed by atoms with E-state index in [9.17, 15) is 14.4 Å². The Morgan fingerprint density at radius 1 is 1.00 bits per heavy atom. The molecule has 1 aliphatic rings. The van der Waals surface area contributed by atoms with Crippen LogP contribution in [-0.2, 0) is 30.3 Å². The first-order valence-corrected chi connectivity index (χ1v) is 19.7. The molecule has 0 radical (unpaired) electrons. The number of nitrogens with zero attached hydrogens (tertiary/aromatic N) is 2. The fraction of sp³-hybridized carbons (Fsp3) is 0.735. The smallest absolute Gasteiger partial charge is 0.412 e. The molecule has 1 heterocycles. The van der Waals surface area contributed by atoms with Crippen LogP contribution in [0.2, 0.25) is 25.7 Å². The van der Waals surface area contributed by atoms with E-state index in [1.807, 2.05) is 78.8 Å². The number of amides is 2. The largest absolute Gasteiger partial charge is 0.464 e. The van der Waals surface area contributed by atoms with Crippen LogP contribution >= 0.6 is 0 Å². The Hall–Kier alpha value is -2.59. The number of carbonyl (C=O) groups is 3. The van der Waals surface area contributed by atoms with Crippen LogP contribution in [0.15, 0.2) is 30.3 Å². The van der Waals surface area contributed by atoms with Gasteiger partial charge in [-0.1, -0.05) is 77.7 Å². The van der Waals surface area contributed by atoms with Gasteiger partial charge in [-0.25, -0.2) is 14.4 Å². The predicted octanol–water partition coefficient (Wildman–Crippen LogP) is 7.71. The monoisotopic (exact) mass is 634 g/mol. The van der Waals surface area contributed by atoms with Crippen molar-refractivity contribution in [3.63, 3.8) is 0 Å². The minimum absolute atomic E-state index is 0.0498. The quantitative estimate of drug-likeness (QED) is 0.125. The summed E-state index contributed by atoms with van der Waals surface area (Å²) in [5.41, 5.74) is -0.855. The van der Waals surface area contributed by atoms with Gasteiger partial charge < -0.3 is 18.9 Å². The third-order valence-corrected chi connectivity index (χ3v) is 9.04. The highest BCUT2D eigenvalue weighted by Gasteiger charge is 2.52. The fourth-order valence-electron chi connectivity index (χ4n) is 5.31. The molecule has 0 saturated carbocycles. The Bertz CT molecular complexity index is 1080. The molecule has 0 bridgehead atoms. The van der Waals surface area contributed by atoms with Crippen LogP contribution in [0, 0.1) is 11.8 Å². The topological polar surface area (TPSA) is 94.6 Å². The van der Waals surface area contributed by atoms with E-state index in [4.69, 9.17) is 18.9 Å². The first-order valence-electron chi connectivity index (χ1n) is 16.0. The number of carbonyl (C=O) groups excluding carboxylic acids is 3. The van der Waals surface area contributed by atoms with E-state index in [1.54, 1.807) is 4.90 Å². The van der Waals surface area contributed by atoms with Gasteiger partial charge >= 0.3 is 18.2 Å². The molecule has 1 aromatic carbocycles. The molecule has 0 N–H and O–H groups in total. The van der Waals surface area contributed by atoms with Crippen molar-refractivity contribution in [2.75, 3.05) is 13.2 Å². The zero-order chi connectivity index (χ0) is 33.5. The highest BCUT2D eigenvalue weighted by molar-refractivity contribution is 6.76. The second kappa shape index (κ2) is 15.6. The van der Waals surface area contributed by atoms with Crippen molar-refractivity contribution in [1.82, 2.24) is 9.80 Å². The summed E-state index contributed by atoms with van der Waals surface area (Å²) >= 11 is 0. The fourth-order valence-corrected chi connectivity index (χ4v) is 6.03. The maximum atomic E-state index is 13.9. The SMILES string of the molecule is CC(C)C[C@@H](C(=O)OCC[Si](C)(C)C)N(CC1OC(C)(C)N(C(=O)OC(C)(C)C)[C@H]1CC(C)C)C(=O)OCc1ccccc1. The third-order valence-electron chi connectivity index (χ3n) is 7.34. The Kier molecular flexibility index (Phi) is 13.3. The van der Waals surface area contributed by atoms with Crippen molar-refractivity contribution in [3.05, 3.63) is 35.9 Å². The number of rotatable bonds is 13. The molecule has 10 heteroatoms. The average Bonchev–Trinajstić information content (AvgIpc) is 3.11. The molecular formula is C34H58N2O7Si. The standard InChI is InChI=1S/C34H58N2O7Si/c1-24(2)20-27-29(42-34(8,9)36(27)32(39)43-33(5,6)7)22-35(31(38)41-23-26-16-14-13-15-17-26)28(21-25(3)4)30(37)40-18-19-44(10,11)12/h13-17,24-25,27-29H,18-23H2,1-12H3/t27-,28-,29?/m0/s1. The summed E-state index contributed by atoms with van der Waals surface area (Å²) in [7, 11) is -1.45. The molecule has 1 fully saturated rings. The van der Waals surface area contributed by atoms with Crippen LogP contribution in [0.5, 0.6) is 0 Å². The van der Waals surface area contributed by atoms with Gasteiger partial charge in [-0.15, -0.1) is 0 Å². The summed E-state index contributed by atoms with van der Waals surface area (Å²) < 4.78 is 24.0. The van der Waals surface area contributed by atoms with Gasteiger partial charge in [0.25, 0.3) is 0 Å². The van der Waals surface area contributed by atoms with Crippen molar-refractivity contribution < 1.29 is 33.3 Å². The van der Waals surface area contributed by atoms with Gasteiger partial charge in [0, 0.05) is 8.07 Å². The lowest BCUT2D eigenvalue weighted by Gasteiger charge is -2.36. The van der Waals surface area contributed by atoms with Gasteiger partial charge in [0.05, 0.1) is 25.3 Å². The highest BCUT2D eigenvalue weighted by atomic mass is 28.3. The molecule has 2 rings (SSSR count). The number of ether oxygens (including phenoxy) is 4. The molecule has 1 unspecified atom stereocenters. The number of hydrogen-bond acceptors (Lipinski definition) is 7. The Morgan fingerprint density at radius 3 is 2.14 bits per heavy atom. The zero-order valence-corrected chi connectivity index (χ0v) is 30.3. The minimum atomic E-state index is -1.45. The van der Waals surface area contributed by atoms with Crippen LogP contribution in [0.4, 0.5) is 9.59 Å². The molecule has 9 nitrogen and oxygen atoms in total. The highest BCUT2D eigenvalue weighted by Crippen LogP contribution is 2.37. The maximum absolute atomic E-state index is 13.9. The van der Waals surface area contributed by atoms with E-state index in [0.29, 0.717) is 19.4 Å². The van der Waals surface area contributed by atoms with E-state index in [2.05, 4.69) is 33.5 Å². The molecule has 3 atom stereocenters. The van der Waals surface area contributed by atoms with Crippen molar-refractivity contribution in [2.45, 2.75) is 137 Å². The molecule has 1 aromatic rings. The molecule has 250 valence electrons. The number of esters is 1. The second-order valence-electron chi connectivity index (χ2n) is 15.5. The molecule has 44 heavy (non-hydrogen) atoms. The van der Waals surface area contributed by atoms with Crippen LogP contribution < -0.4 is 0 Å². The molecule has 0 spiro atoms. The van der Waals surface area contributed by atoms with Crippen molar-refractivity contribution in [1.29, 1.82) is 0 Å². The third kappa shape index (κ3) is 12.1. The summed E-state index contributed by atoms with van der Waals surface area (Å²) in [6.45, 7) is 24.4. The van der Waals surface area contributed by atoms with Crippen LogP contribution in [0.3, 0.4) is 0 Å². The van der Waals surface area contributed by atoms with Crippen LogP contribution in [-0.4, -0.2) is 78.7 Å². The normalized spacial score (nSPS) is 19.2. The summed E-state index contributed by atoms with van der Waals surface area (Å²) in [6.07, 6.45) is -0.669. The molecule has 1 aliphatic heterocycles. The van der Waals surface area contributed by atoms with Crippen LogP contribution in [0.25, 0.3) is 0 Å². The van der Waals surface area contributed by atoms with Crippen molar-refractivity contribution in [2.24, 2.45) is 11.8 Å². The Morgan fingerprint density at radius 2 is 1.61 bits per heavy atom. The predicted molar refractivity (Wildman–Crippen MR) is 176 cm³/mol. The molecule has 0 aliphatic carbocycles. The number of hydrogen-bond donors (Lipinski definition) is 0. The lowest BCUT2D eigenvalue weighted by Crippen LogP contribution is -2.53. The minimum Gasteiger partial charge on any atom is -0.464 e. The van der Waals surface area contributed by atoms with E-state index >= 15 is 0 Å². The Balaban J connectivity index is 2.48. The molecular weight excluding hydrogens is 576 g/mol. The lowest BCUT2D eigenvalue weighted by molar-refractivity contribution is -0.150. The average molecular weight is 635 g/mol. The van der Waals surface area contributed by atoms with Gasteiger partial charge in [0.2, 0.25) is 0 Å². The van der Waals surface area contributed by atoms with Crippen LogP contribution in [0.1, 0.15) is 80.7 Å². The first kappa shape index (κ1) is 37.6. The molecule has 1 saturated heterocycles. The summed E-state index contributed by atoms with van der Waals surface area (Å²) in [4.78, 5) is 44.2. The summed E-state index contributed by atoms with van der Waals surface area (Å²) in [5, 5.41) is 0. The van der Waals surface area contributed by atoms with E-state index in [-0.39, 0.29) is 25.0 Å². The Labute approximate surface area is 266 Å². The molecule has 2 amide bonds. The lowest BCUT2D eigenvalue weighted by atomic mass is 9.96. The summed E-state index contributed by atoms with van der Waals surface area (Å²) in [5.74, 6) is -0.128.